The Morgan fingerprint density at radius 3 is 2.72 bits per heavy atom. The van der Waals surface area contributed by atoms with Gasteiger partial charge in [0.05, 0.1) is 5.02 Å². The van der Waals surface area contributed by atoms with Gasteiger partial charge in [-0.2, -0.15) is 5.21 Å². The zero-order valence-electron chi connectivity index (χ0n) is 15.9. The summed E-state index contributed by atoms with van der Waals surface area (Å²) in [6.45, 7) is 2.52. The van der Waals surface area contributed by atoms with E-state index < -0.39 is 0 Å². The van der Waals surface area contributed by atoms with Gasteiger partial charge in [0.25, 0.3) is 0 Å². The molecule has 1 amide bonds. The Labute approximate surface area is 173 Å². The minimum absolute atomic E-state index is 0.0327. The second-order valence-corrected chi connectivity index (χ2v) is 6.74. The van der Waals surface area contributed by atoms with Crippen LogP contribution in [0.1, 0.15) is 36.5 Å². The van der Waals surface area contributed by atoms with Crippen molar-refractivity contribution in [2.75, 3.05) is 6.54 Å². The first-order valence-corrected chi connectivity index (χ1v) is 9.58. The molecule has 0 fully saturated rings. The summed E-state index contributed by atoms with van der Waals surface area (Å²) in [6, 6.07) is 10.4. The number of aromatic nitrogens is 4. The maximum Gasteiger partial charge on any atom is 0.219 e. The van der Waals surface area contributed by atoms with Crippen molar-refractivity contribution in [3.63, 3.8) is 0 Å². The molecule has 148 valence electrons. The van der Waals surface area contributed by atoms with Gasteiger partial charge < -0.3 is 10.4 Å². The van der Waals surface area contributed by atoms with Crippen molar-refractivity contribution in [1.29, 1.82) is 0 Å². The number of aryl methyl sites for hydroxylation is 1. The van der Waals surface area contributed by atoms with E-state index in [1.807, 2.05) is 25.1 Å². The summed E-state index contributed by atoms with van der Waals surface area (Å²) in [5.74, 6) is 6.82. The van der Waals surface area contributed by atoms with Crippen molar-refractivity contribution < 1.29 is 9.90 Å². The number of carbonyl (C=O) groups is 1. The third kappa shape index (κ3) is 5.56. The summed E-state index contributed by atoms with van der Waals surface area (Å²) in [4.78, 5) is 11.7. The lowest BCUT2D eigenvalue weighted by Crippen LogP contribution is -2.22. The Bertz CT molecular complexity index is 1050. The molecule has 29 heavy (non-hydrogen) atoms. The molecule has 8 heteroatoms. The molecule has 3 N–H and O–H groups in total. The molecule has 0 atom stereocenters. The first kappa shape index (κ1) is 20.4. The number of aromatic hydroxyl groups is 1. The molecule has 1 aromatic heterocycles. The van der Waals surface area contributed by atoms with Crippen LogP contribution in [0.2, 0.25) is 5.02 Å². The number of hydrogen-bond acceptors (Lipinski definition) is 5. The zero-order chi connectivity index (χ0) is 20.6. The molecule has 0 bridgehead atoms. The van der Waals surface area contributed by atoms with Crippen LogP contribution in [0.5, 0.6) is 5.75 Å². The number of carbonyl (C=O) groups excluding carboxylic acids is 1. The predicted molar refractivity (Wildman–Crippen MR) is 110 cm³/mol. The van der Waals surface area contributed by atoms with Gasteiger partial charge in [-0.3, -0.25) is 4.79 Å². The maximum absolute atomic E-state index is 11.7. The largest absolute Gasteiger partial charge is 0.508 e. The maximum atomic E-state index is 11.7. The topological polar surface area (TPSA) is 104 Å². The van der Waals surface area contributed by atoms with E-state index in [1.165, 1.54) is 6.07 Å². The highest BCUT2D eigenvalue weighted by Gasteiger charge is 2.09. The number of amides is 1. The van der Waals surface area contributed by atoms with Crippen LogP contribution < -0.4 is 5.32 Å². The number of nitrogens with zero attached hydrogens (tertiary/aromatic N) is 3. The molecule has 0 radical (unpaired) electrons. The molecule has 0 aliphatic heterocycles. The van der Waals surface area contributed by atoms with Crippen molar-refractivity contribution in [1.82, 2.24) is 25.9 Å². The summed E-state index contributed by atoms with van der Waals surface area (Å²) in [5, 5.41) is 26.7. The highest BCUT2D eigenvalue weighted by molar-refractivity contribution is 6.31. The lowest BCUT2D eigenvalue weighted by Gasteiger charge is -2.07. The third-order valence-electron chi connectivity index (χ3n) is 4.22. The Morgan fingerprint density at radius 2 is 2.00 bits per heavy atom. The van der Waals surface area contributed by atoms with Crippen LogP contribution in [0.4, 0.5) is 0 Å². The number of tetrazole rings is 1. The molecule has 1 heterocycles. The van der Waals surface area contributed by atoms with Gasteiger partial charge in [0.2, 0.25) is 11.7 Å². The van der Waals surface area contributed by atoms with Gasteiger partial charge in [0, 0.05) is 29.7 Å². The monoisotopic (exact) mass is 409 g/mol. The molecule has 3 rings (SSSR count). The van der Waals surface area contributed by atoms with E-state index in [1.54, 1.807) is 12.1 Å². The molecule has 2 aromatic carbocycles. The van der Waals surface area contributed by atoms with E-state index in [4.69, 9.17) is 11.6 Å². The van der Waals surface area contributed by atoms with Crippen molar-refractivity contribution >= 4 is 17.5 Å². The van der Waals surface area contributed by atoms with Gasteiger partial charge in [-0.15, -0.1) is 10.2 Å². The van der Waals surface area contributed by atoms with E-state index in [0.717, 1.165) is 16.7 Å². The highest BCUT2D eigenvalue weighted by Crippen LogP contribution is 2.22. The van der Waals surface area contributed by atoms with E-state index in [-0.39, 0.29) is 11.7 Å². The third-order valence-corrected chi connectivity index (χ3v) is 4.53. The van der Waals surface area contributed by atoms with Crippen LogP contribution in [-0.2, 0) is 11.2 Å². The molecule has 0 unspecified atom stereocenters. The van der Waals surface area contributed by atoms with E-state index >= 15 is 0 Å². The van der Waals surface area contributed by atoms with Gasteiger partial charge in [0.1, 0.15) is 5.75 Å². The quantitative estimate of drug-likeness (QED) is 0.543. The number of hydrogen-bond donors (Lipinski definition) is 3. The zero-order valence-corrected chi connectivity index (χ0v) is 16.6. The molecular formula is C21H20ClN5O2. The van der Waals surface area contributed by atoms with Crippen LogP contribution in [-0.4, -0.2) is 38.2 Å². The van der Waals surface area contributed by atoms with Gasteiger partial charge in [0.15, 0.2) is 0 Å². The molecule has 3 aromatic rings. The van der Waals surface area contributed by atoms with E-state index in [9.17, 15) is 9.90 Å². The second kappa shape index (κ2) is 9.71. The van der Waals surface area contributed by atoms with Crippen LogP contribution in [0.25, 0.3) is 11.4 Å². The van der Waals surface area contributed by atoms with E-state index in [2.05, 4.69) is 37.8 Å². The van der Waals surface area contributed by atoms with Crippen molar-refractivity contribution in [3.05, 3.63) is 58.1 Å². The first-order chi connectivity index (χ1) is 14.1. The summed E-state index contributed by atoms with van der Waals surface area (Å²) in [6.07, 6.45) is 1.81. The SMILES string of the molecule is CCNC(=O)CCCc1cc(-c2nn[nH]n2)ccc1C#Cc1ccc(O)cc1Cl. The number of halogens is 1. The van der Waals surface area contributed by atoms with Crippen LogP contribution in [0.15, 0.2) is 36.4 Å². The minimum Gasteiger partial charge on any atom is -0.508 e. The number of aromatic amines is 1. The van der Waals surface area contributed by atoms with E-state index in [0.29, 0.717) is 42.2 Å². The summed E-state index contributed by atoms with van der Waals surface area (Å²) < 4.78 is 0. The number of phenols is 1. The average Bonchev–Trinajstić information content (AvgIpc) is 3.23. The fraction of sp³-hybridized carbons (Fsp3) is 0.238. The predicted octanol–water partition coefficient (Wildman–Crippen LogP) is 3.08. The molecule has 7 nitrogen and oxygen atoms in total. The number of nitrogens with one attached hydrogen (secondary N) is 2. The fourth-order valence-electron chi connectivity index (χ4n) is 2.81. The molecule has 0 saturated carbocycles. The Hall–Kier alpha value is -3.37. The van der Waals surface area contributed by atoms with Crippen LogP contribution >= 0.6 is 11.6 Å². The lowest BCUT2D eigenvalue weighted by atomic mass is 9.98. The number of benzene rings is 2. The fourth-order valence-corrected chi connectivity index (χ4v) is 3.03. The smallest absolute Gasteiger partial charge is 0.219 e. The summed E-state index contributed by atoms with van der Waals surface area (Å²) >= 11 is 6.14. The Morgan fingerprint density at radius 1 is 1.21 bits per heavy atom. The normalized spacial score (nSPS) is 10.3. The lowest BCUT2D eigenvalue weighted by molar-refractivity contribution is -0.121. The molecule has 0 spiro atoms. The van der Waals surface area contributed by atoms with Crippen molar-refractivity contribution in [2.24, 2.45) is 0 Å². The second-order valence-electron chi connectivity index (χ2n) is 6.33. The molecule has 0 saturated heterocycles. The van der Waals surface area contributed by atoms with Crippen molar-refractivity contribution in [3.8, 4) is 29.0 Å². The highest BCUT2D eigenvalue weighted by atomic mass is 35.5. The molecule has 0 aliphatic carbocycles. The summed E-state index contributed by atoms with van der Waals surface area (Å²) in [7, 11) is 0. The number of phenolic OH excluding ortho intramolecular Hbond substituents is 1. The average molecular weight is 410 g/mol. The molecule has 0 aliphatic rings. The Balaban J connectivity index is 1.87. The minimum atomic E-state index is 0.0327. The number of rotatable bonds is 6. The van der Waals surface area contributed by atoms with Crippen molar-refractivity contribution in [2.45, 2.75) is 26.2 Å². The Kier molecular flexibility index (Phi) is 6.82. The standard InChI is InChI=1S/C21H20ClN5O2/c1-2-23-20(29)5-3-4-16-12-17(21-24-26-27-25-21)9-7-14(16)6-8-15-10-11-18(28)13-19(15)22/h7,9-13,28H,2-5H2,1H3,(H,23,29)(H,24,25,26,27). The van der Waals surface area contributed by atoms with Gasteiger partial charge in [-0.25, -0.2) is 0 Å². The number of H-pyrrole nitrogens is 1. The van der Waals surface area contributed by atoms with Crippen LogP contribution in [0, 0.1) is 11.8 Å². The first-order valence-electron chi connectivity index (χ1n) is 9.20. The van der Waals surface area contributed by atoms with Gasteiger partial charge in [-0.05, 0) is 66.9 Å². The van der Waals surface area contributed by atoms with Gasteiger partial charge in [-0.1, -0.05) is 23.4 Å². The van der Waals surface area contributed by atoms with Gasteiger partial charge >= 0.3 is 0 Å². The molecular weight excluding hydrogens is 390 g/mol. The summed E-state index contributed by atoms with van der Waals surface area (Å²) in [5.41, 5.74) is 3.26. The van der Waals surface area contributed by atoms with Crippen LogP contribution in [0.3, 0.4) is 0 Å².